The van der Waals surface area contributed by atoms with Gasteiger partial charge in [0.1, 0.15) is 3.70 Å². The lowest BCUT2D eigenvalue weighted by Crippen LogP contribution is -2.38. The molecule has 0 unspecified atom stereocenters. The normalized spacial score (nSPS) is 18.0. The molecule has 2 aliphatic rings. The van der Waals surface area contributed by atoms with Crippen LogP contribution in [0.4, 0.5) is 26.3 Å². The fourth-order valence-electron chi connectivity index (χ4n) is 4.69. The van der Waals surface area contributed by atoms with Gasteiger partial charge >= 0.3 is 18.3 Å². The van der Waals surface area contributed by atoms with Crippen molar-refractivity contribution in [2.45, 2.75) is 31.7 Å². The van der Waals surface area contributed by atoms with Crippen molar-refractivity contribution in [2.24, 2.45) is 10.9 Å². The summed E-state index contributed by atoms with van der Waals surface area (Å²) in [5, 5.41) is 14.6. The average molecular weight is 708 g/mol. The van der Waals surface area contributed by atoms with Crippen molar-refractivity contribution in [3.8, 4) is 0 Å². The minimum absolute atomic E-state index is 0.108. The van der Waals surface area contributed by atoms with Gasteiger partial charge in [0.05, 0.1) is 34.0 Å². The Kier molecular flexibility index (Phi) is 7.86. The lowest BCUT2D eigenvalue weighted by molar-refractivity contribution is -0.144. The van der Waals surface area contributed by atoms with E-state index in [1.54, 1.807) is 24.3 Å². The van der Waals surface area contributed by atoms with Gasteiger partial charge in [-0.25, -0.2) is 0 Å². The number of amidine groups is 1. The number of rotatable bonds is 4. The van der Waals surface area contributed by atoms with Gasteiger partial charge in [0.25, 0.3) is 5.91 Å². The number of benzene rings is 2. The van der Waals surface area contributed by atoms with Crippen LogP contribution in [0.3, 0.4) is 0 Å². The van der Waals surface area contributed by atoms with E-state index >= 15 is 0 Å². The van der Waals surface area contributed by atoms with Gasteiger partial charge in [0.15, 0.2) is 5.17 Å². The number of carboxylic acids is 1. The first kappa shape index (κ1) is 29.4. The molecule has 5 rings (SSSR count). The Hall–Kier alpha value is -3.08. The largest absolute Gasteiger partial charge is 0.481 e. The predicted octanol–water partition coefficient (Wildman–Crippen LogP) is 6.49. The van der Waals surface area contributed by atoms with Crippen LogP contribution < -0.4 is 0 Å². The number of thioether (sulfide) groups is 1. The molecule has 0 aliphatic carbocycles. The molecule has 0 saturated carbocycles. The van der Waals surface area contributed by atoms with Crippen LogP contribution in [0.15, 0.2) is 46.3 Å². The number of carbonyl (C=O) groups excluding carboxylic acids is 1. The van der Waals surface area contributed by atoms with E-state index in [2.05, 4.69) is 10.1 Å². The number of carboxylic acid groups (broad SMARTS) is 1. The molecular formula is C26H19F6IN4O3S. The second kappa shape index (κ2) is 11.0. The second-order valence-electron chi connectivity index (χ2n) is 9.50. The molecule has 1 amide bonds. The summed E-state index contributed by atoms with van der Waals surface area (Å²) in [4.78, 5) is 30.1. The number of aliphatic imine (C=N–C) groups is 1. The fourth-order valence-corrected chi connectivity index (χ4v) is 6.34. The van der Waals surface area contributed by atoms with Crippen molar-refractivity contribution in [1.29, 1.82) is 0 Å². The molecule has 0 bridgehead atoms. The van der Waals surface area contributed by atoms with Gasteiger partial charge in [0.2, 0.25) is 0 Å². The van der Waals surface area contributed by atoms with Gasteiger partial charge in [-0.1, -0.05) is 12.1 Å². The topological polar surface area (TPSA) is 87.8 Å². The van der Waals surface area contributed by atoms with Crippen molar-refractivity contribution in [2.75, 3.05) is 13.1 Å². The van der Waals surface area contributed by atoms with E-state index in [0.717, 1.165) is 6.07 Å². The minimum atomic E-state index is -5.00. The Balaban J connectivity index is 1.37. The number of fused-ring (bicyclic) bond motifs is 1. The van der Waals surface area contributed by atoms with E-state index in [1.165, 1.54) is 16.4 Å². The Morgan fingerprint density at radius 1 is 1.07 bits per heavy atom. The number of nitrogens with zero attached hydrogens (tertiary/aromatic N) is 4. The van der Waals surface area contributed by atoms with Gasteiger partial charge in [-0.2, -0.15) is 36.4 Å². The molecule has 0 atom stereocenters. The number of aromatic nitrogens is 2. The number of carbonyl (C=O) groups is 2. The fraction of sp³-hybridized carbons (Fsp3) is 0.308. The van der Waals surface area contributed by atoms with Crippen LogP contribution in [0.5, 0.6) is 0 Å². The highest BCUT2D eigenvalue weighted by atomic mass is 127. The molecule has 2 aromatic carbocycles. The number of halogens is 7. The summed E-state index contributed by atoms with van der Waals surface area (Å²) in [6.45, 7) is 0.542. The summed E-state index contributed by atoms with van der Waals surface area (Å²) >= 11 is 3.10. The first-order chi connectivity index (χ1) is 19.2. The lowest BCUT2D eigenvalue weighted by atomic mass is 9.98. The van der Waals surface area contributed by atoms with E-state index in [0.29, 0.717) is 62.2 Å². The van der Waals surface area contributed by atoms with E-state index in [9.17, 15) is 41.0 Å². The maximum Gasteiger partial charge on any atom is 0.416 e. The zero-order chi connectivity index (χ0) is 29.7. The summed E-state index contributed by atoms with van der Waals surface area (Å²) in [6.07, 6.45) is -7.36. The SMILES string of the molecule is O=C1N=C(N2CCC(C(=O)O)CC2)S/C1=C\c1ccc2c(c1)c(I)nn2Cc1ccc(C(F)(F)F)cc1C(F)(F)F. The maximum atomic E-state index is 13.6. The van der Waals surface area contributed by atoms with Crippen LogP contribution >= 0.6 is 34.4 Å². The van der Waals surface area contributed by atoms with Gasteiger partial charge in [0, 0.05) is 18.5 Å². The third-order valence-corrected chi connectivity index (χ3v) is 8.66. The summed E-state index contributed by atoms with van der Waals surface area (Å²) in [5.41, 5.74) is -2.04. The van der Waals surface area contributed by atoms with Crippen molar-refractivity contribution in [3.05, 3.63) is 67.3 Å². The van der Waals surface area contributed by atoms with Crippen molar-refractivity contribution >= 4 is 68.4 Å². The van der Waals surface area contributed by atoms with Crippen LogP contribution in [-0.2, 0) is 28.5 Å². The van der Waals surface area contributed by atoms with Crippen LogP contribution in [0, 0.1) is 9.62 Å². The Morgan fingerprint density at radius 3 is 2.41 bits per heavy atom. The summed E-state index contributed by atoms with van der Waals surface area (Å²) < 4.78 is 81.8. The van der Waals surface area contributed by atoms with E-state index in [-0.39, 0.29) is 11.6 Å². The zero-order valence-electron chi connectivity index (χ0n) is 20.8. The second-order valence-corrected chi connectivity index (χ2v) is 11.5. The van der Waals surface area contributed by atoms with Gasteiger partial charge in [-0.3, -0.25) is 14.3 Å². The molecule has 1 aromatic heterocycles. The number of likely N-dealkylation sites (tertiary alicyclic amines) is 1. The highest BCUT2D eigenvalue weighted by Gasteiger charge is 2.38. The molecule has 1 saturated heterocycles. The average Bonchev–Trinajstić information content (AvgIpc) is 3.41. The van der Waals surface area contributed by atoms with Crippen molar-refractivity contribution in [3.63, 3.8) is 0 Å². The van der Waals surface area contributed by atoms with Crippen molar-refractivity contribution < 1.29 is 41.0 Å². The lowest BCUT2D eigenvalue weighted by Gasteiger charge is -2.30. The minimum Gasteiger partial charge on any atom is -0.481 e. The van der Waals surface area contributed by atoms with E-state index in [1.807, 2.05) is 27.5 Å². The molecule has 2 aliphatic heterocycles. The number of amides is 1. The number of aliphatic carboxylic acids is 1. The molecule has 216 valence electrons. The first-order valence-electron chi connectivity index (χ1n) is 12.1. The number of hydrogen-bond donors (Lipinski definition) is 1. The molecule has 7 nitrogen and oxygen atoms in total. The van der Waals surface area contributed by atoms with Gasteiger partial charge < -0.3 is 10.0 Å². The standard InChI is InChI=1S/C26H19F6IN4O3S/c27-25(28,29)16-3-2-15(18(11-16)26(30,31)32)12-37-19-4-1-13(9-17(19)21(33)35-37)10-20-22(38)34-24(41-20)36-7-5-14(6-8-36)23(39)40/h1-4,9-11,14H,5-8,12H2,(H,39,40)/b20-10-. The van der Waals surface area contributed by atoms with Crippen LogP contribution in [0.2, 0.25) is 0 Å². The summed E-state index contributed by atoms with van der Waals surface area (Å²) in [6, 6.07) is 6.54. The molecule has 0 radical (unpaired) electrons. The van der Waals surface area contributed by atoms with Crippen LogP contribution in [0.1, 0.15) is 35.1 Å². The molecule has 1 N–H and O–H groups in total. The molecule has 0 spiro atoms. The number of alkyl halides is 6. The number of piperidine rings is 1. The predicted molar refractivity (Wildman–Crippen MR) is 148 cm³/mol. The molecular weight excluding hydrogens is 689 g/mol. The zero-order valence-corrected chi connectivity index (χ0v) is 23.7. The van der Waals surface area contributed by atoms with Gasteiger partial charge in [-0.15, -0.1) is 0 Å². The quantitative estimate of drug-likeness (QED) is 0.190. The Bertz CT molecular complexity index is 1610. The Morgan fingerprint density at radius 2 is 1.78 bits per heavy atom. The third kappa shape index (κ3) is 6.24. The molecule has 41 heavy (non-hydrogen) atoms. The highest BCUT2D eigenvalue weighted by Crippen LogP contribution is 2.38. The Labute approximate surface area is 246 Å². The molecule has 1 fully saturated rings. The van der Waals surface area contributed by atoms with Crippen LogP contribution in [-0.4, -0.2) is 49.9 Å². The van der Waals surface area contributed by atoms with E-state index < -0.39 is 47.8 Å². The third-order valence-electron chi connectivity index (χ3n) is 6.81. The summed E-state index contributed by atoms with van der Waals surface area (Å²) in [7, 11) is 0. The molecule has 3 heterocycles. The molecule has 15 heteroatoms. The monoisotopic (exact) mass is 708 g/mol. The van der Waals surface area contributed by atoms with E-state index in [4.69, 9.17) is 0 Å². The maximum absolute atomic E-state index is 13.6. The van der Waals surface area contributed by atoms with Gasteiger partial charge in [-0.05, 0) is 88.7 Å². The van der Waals surface area contributed by atoms with Crippen LogP contribution in [0.25, 0.3) is 17.0 Å². The highest BCUT2D eigenvalue weighted by molar-refractivity contribution is 14.1. The van der Waals surface area contributed by atoms with Crippen molar-refractivity contribution in [1.82, 2.24) is 14.7 Å². The molecule has 3 aromatic rings. The first-order valence-corrected chi connectivity index (χ1v) is 14.0. The smallest absolute Gasteiger partial charge is 0.416 e. The number of hydrogen-bond acceptors (Lipinski definition) is 5. The summed E-state index contributed by atoms with van der Waals surface area (Å²) in [5.74, 6) is -1.69.